The molecule has 2 unspecified atom stereocenters. The van der Waals surface area contributed by atoms with Gasteiger partial charge in [-0.2, -0.15) is 0 Å². The van der Waals surface area contributed by atoms with Gasteiger partial charge < -0.3 is 10.5 Å². The van der Waals surface area contributed by atoms with Crippen LogP contribution in [0, 0.1) is 6.92 Å². The fourth-order valence-corrected chi connectivity index (χ4v) is 2.81. The minimum absolute atomic E-state index is 0.0831. The number of likely N-dealkylation sites (tertiary alicyclic amines) is 1. The normalized spacial score (nSPS) is 21.3. The van der Waals surface area contributed by atoms with E-state index in [-0.39, 0.29) is 6.04 Å². The zero-order chi connectivity index (χ0) is 13.8. The number of ether oxygens (including phenoxy) is 1. The van der Waals surface area contributed by atoms with Gasteiger partial charge in [0.05, 0.1) is 6.10 Å². The van der Waals surface area contributed by atoms with E-state index in [2.05, 4.69) is 43.0 Å². The highest BCUT2D eigenvalue weighted by Gasteiger charge is 2.26. The second-order valence-corrected chi connectivity index (χ2v) is 5.65. The number of methoxy groups -OCH3 is 1. The standard InChI is InChI=1S/C16H26N2O/c1-12-4-6-14(7-5-12)16(17)13(2)18-10-8-15(19-3)9-11-18/h4-7,13,15-16H,8-11,17H2,1-3H3. The molecule has 0 amide bonds. The van der Waals surface area contributed by atoms with E-state index in [0.717, 1.165) is 25.9 Å². The molecule has 19 heavy (non-hydrogen) atoms. The third-order valence-electron chi connectivity index (χ3n) is 4.37. The Morgan fingerprint density at radius 2 is 1.79 bits per heavy atom. The van der Waals surface area contributed by atoms with Crippen LogP contribution in [0.1, 0.15) is 36.9 Å². The summed E-state index contributed by atoms with van der Waals surface area (Å²) in [5, 5.41) is 0. The van der Waals surface area contributed by atoms with Crippen molar-refractivity contribution in [3.05, 3.63) is 35.4 Å². The molecule has 1 saturated heterocycles. The van der Waals surface area contributed by atoms with E-state index < -0.39 is 0 Å². The lowest BCUT2D eigenvalue weighted by atomic mass is 9.97. The van der Waals surface area contributed by atoms with Gasteiger partial charge in [0.25, 0.3) is 0 Å². The van der Waals surface area contributed by atoms with Gasteiger partial charge in [0.2, 0.25) is 0 Å². The Labute approximate surface area is 116 Å². The second-order valence-electron chi connectivity index (χ2n) is 5.65. The molecule has 106 valence electrons. The van der Waals surface area contributed by atoms with Gasteiger partial charge >= 0.3 is 0 Å². The van der Waals surface area contributed by atoms with Gasteiger partial charge in [-0.3, -0.25) is 4.90 Å². The molecule has 2 rings (SSSR count). The second kappa shape index (κ2) is 6.51. The lowest BCUT2D eigenvalue weighted by Gasteiger charge is -2.38. The van der Waals surface area contributed by atoms with Gasteiger partial charge in [-0.1, -0.05) is 29.8 Å². The molecular weight excluding hydrogens is 236 g/mol. The molecule has 0 radical (unpaired) electrons. The molecule has 1 aromatic rings. The highest BCUT2D eigenvalue weighted by Crippen LogP contribution is 2.23. The molecule has 1 aliphatic rings. The van der Waals surface area contributed by atoms with Crippen LogP contribution >= 0.6 is 0 Å². The van der Waals surface area contributed by atoms with Crippen LogP contribution in [-0.2, 0) is 4.74 Å². The number of aryl methyl sites for hydroxylation is 1. The first-order valence-electron chi connectivity index (χ1n) is 7.21. The lowest BCUT2D eigenvalue weighted by Crippen LogP contribution is -2.46. The van der Waals surface area contributed by atoms with Gasteiger partial charge in [-0.25, -0.2) is 0 Å². The summed E-state index contributed by atoms with van der Waals surface area (Å²) in [7, 11) is 1.81. The fourth-order valence-electron chi connectivity index (χ4n) is 2.81. The minimum Gasteiger partial charge on any atom is -0.381 e. The fraction of sp³-hybridized carbons (Fsp3) is 0.625. The summed E-state index contributed by atoms with van der Waals surface area (Å²) >= 11 is 0. The highest BCUT2D eigenvalue weighted by atomic mass is 16.5. The molecule has 2 N–H and O–H groups in total. The van der Waals surface area contributed by atoms with Crippen LogP contribution in [0.4, 0.5) is 0 Å². The van der Waals surface area contributed by atoms with Crippen molar-refractivity contribution in [3.63, 3.8) is 0 Å². The number of rotatable bonds is 4. The van der Waals surface area contributed by atoms with Crippen molar-refractivity contribution in [2.75, 3.05) is 20.2 Å². The quantitative estimate of drug-likeness (QED) is 0.906. The van der Waals surface area contributed by atoms with Gasteiger partial charge in [-0.15, -0.1) is 0 Å². The van der Waals surface area contributed by atoms with E-state index in [9.17, 15) is 0 Å². The Balaban J connectivity index is 1.95. The summed E-state index contributed by atoms with van der Waals surface area (Å²) in [4.78, 5) is 2.49. The first-order chi connectivity index (χ1) is 9.11. The van der Waals surface area contributed by atoms with Crippen molar-refractivity contribution >= 4 is 0 Å². The molecule has 1 aliphatic heterocycles. The number of hydrogen-bond acceptors (Lipinski definition) is 3. The summed E-state index contributed by atoms with van der Waals surface area (Å²) in [5.41, 5.74) is 8.92. The average Bonchev–Trinajstić information content (AvgIpc) is 2.46. The van der Waals surface area contributed by atoms with E-state index in [1.165, 1.54) is 11.1 Å². The molecule has 3 nitrogen and oxygen atoms in total. The first-order valence-corrected chi connectivity index (χ1v) is 7.21. The first kappa shape index (κ1) is 14.5. The Morgan fingerprint density at radius 1 is 1.21 bits per heavy atom. The number of piperidine rings is 1. The predicted octanol–water partition coefficient (Wildman–Crippen LogP) is 2.49. The van der Waals surface area contributed by atoms with Gasteiger partial charge in [0.15, 0.2) is 0 Å². The SMILES string of the molecule is COC1CCN(C(C)C(N)c2ccc(C)cc2)CC1. The van der Waals surface area contributed by atoms with Gasteiger partial charge in [0.1, 0.15) is 0 Å². The van der Waals surface area contributed by atoms with Crippen molar-refractivity contribution in [2.24, 2.45) is 5.73 Å². The third-order valence-corrected chi connectivity index (χ3v) is 4.37. The molecule has 0 aliphatic carbocycles. The Kier molecular flexibility index (Phi) is 4.97. The number of nitrogens with two attached hydrogens (primary N) is 1. The zero-order valence-electron chi connectivity index (χ0n) is 12.3. The molecular formula is C16H26N2O. The summed E-state index contributed by atoms with van der Waals surface area (Å²) in [6.45, 7) is 6.50. The molecule has 0 spiro atoms. The van der Waals surface area contributed by atoms with Gasteiger partial charge in [0, 0.05) is 32.3 Å². The topological polar surface area (TPSA) is 38.5 Å². The molecule has 1 fully saturated rings. The van der Waals surface area contributed by atoms with Crippen molar-refractivity contribution in [1.82, 2.24) is 4.90 Å². The third kappa shape index (κ3) is 3.56. The molecule has 1 aromatic carbocycles. The van der Waals surface area contributed by atoms with Crippen molar-refractivity contribution in [1.29, 1.82) is 0 Å². The Bertz CT molecular complexity index is 382. The highest BCUT2D eigenvalue weighted by molar-refractivity contribution is 5.24. The minimum atomic E-state index is 0.0831. The van der Waals surface area contributed by atoms with Crippen LogP contribution < -0.4 is 5.73 Å². The Morgan fingerprint density at radius 3 is 2.32 bits per heavy atom. The maximum atomic E-state index is 6.41. The van der Waals surface area contributed by atoms with Gasteiger partial charge in [-0.05, 0) is 32.3 Å². The number of benzene rings is 1. The average molecular weight is 262 g/mol. The summed E-state index contributed by atoms with van der Waals surface area (Å²) in [6.07, 6.45) is 2.65. The van der Waals surface area contributed by atoms with E-state index in [1.807, 2.05) is 7.11 Å². The van der Waals surface area contributed by atoms with Crippen LogP contribution in [0.5, 0.6) is 0 Å². The number of hydrogen-bond donors (Lipinski definition) is 1. The van der Waals surface area contributed by atoms with E-state index >= 15 is 0 Å². The molecule has 0 bridgehead atoms. The molecule has 0 aromatic heterocycles. The lowest BCUT2D eigenvalue weighted by molar-refractivity contribution is 0.0259. The molecule has 0 saturated carbocycles. The largest absolute Gasteiger partial charge is 0.381 e. The van der Waals surface area contributed by atoms with Crippen LogP contribution in [0.15, 0.2) is 24.3 Å². The summed E-state index contributed by atoms with van der Waals surface area (Å²) in [6, 6.07) is 9.04. The van der Waals surface area contributed by atoms with Crippen LogP contribution in [0.3, 0.4) is 0 Å². The maximum absolute atomic E-state index is 6.41. The molecule has 2 atom stereocenters. The van der Waals surface area contributed by atoms with Crippen molar-refractivity contribution in [3.8, 4) is 0 Å². The van der Waals surface area contributed by atoms with E-state index in [4.69, 9.17) is 10.5 Å². The zero-order valence-corrected chi connectivity index (χ0v) is 12.3. The smallest absolute Gasteiger partial charge is 0.0595 e. The number of nitrogens with zero attached hydrogens (tertiary/aromatic N) is 1. The van der Waals surface area contributed by atoms with E-state index in [1.54, 1.807) is 0 Å². The summed E-state index contributed by atoms with van der Waals surface area (Å²) < 4.78 is 5.42. The van der Waals surface area contributed by atoms with Crippen molar-refractivity contribution in [2.45, 2.75) is 44.9 Å². The van der Waals surface area contributed by atoms with E-state index in [0.29, 0.717) is 12.1 Å². The predicted molar refractivity (Wildman–Crippen MR) is 79.2 cm³/mol. The monoisotopic (exact) mass is 262 g/mol. The maximum Gasteiger partial charge on any atom is 0.0595 e. The summed E-state index contributed by atoms with van der Waals surface area (Å²) in [5.74, 6) is 0. The van der Waals surface area contributed by atoms with Crippen LogP contribution in [0.2, 0.25) is 0 Å². The molecule has 1 heterocycles. The Hall–Kier alpha value is -0.900. The van der Waals surface area contributed by atoms with Crippen LogP contribution in [-0.4, -0.2) is 37.2 Å². The molecule has 3 heteroatoms. The van der Waals surface area contributed by atoms with Crippen molar-refractivity contribution < 1.29 is 4.74 Å². The van der Waals surface area contributed by atoms with Crippen LogP contribution in [0.25, 0.3) is 0 Å².